The molecule has 0 N–H and O–H groups in total. The van der Waals surface area contributed by atoms with E-state index in [2.05, 4.69) is 19.2 Å². The van der Waals surface area contributed by atoms with Crippen molar-refractivity contribution in [2.45, 2.75) is 0 Å². The Morgan fingerprint density at radius 2 is 1.92 bits per heavy atom. The molecule has 6 heteroatoms. The maximum absolute atomic E-state index is 10.8. The van der Waals surface area contributed by atoms with Crippen LogP contribution in [0.5, 0.6) is 0 Å². The Bertz CT molecular complexity index is 299. The van der Waals surface area contributed by atoms with Crippen molar-refractivity contribution in [3.63, 3.8) is 0 Å². The summed E-state index contributed by atoms with van der Waals surface area (Å²) in [6.45, 7) is 0. The number of ether oxygens (including phenoxy) is 2. The van der Waals surface area contributed by atoms with Crippen molar-refractivity contribution in [3.8, 4) is 0 Å². The first kappa shape index (κ1) is 9.24. The van der Waals surface area contributed by atoms with Gasteiger partial charge in [-0.3, -0.25) is 0 Å². The highest BCUT2D eigenvalue weighted by Crippen LogP contribution is 2.05. The Balaban J connectivity index is 2.86. The lowest BCUT2D eigenvalue weighted by Crippen LogP contribution is -2.01. The third kappa shape index (κ3) is 1.84. The molecular formula is C7H7NO5. The molecule has 0 amide bonds. The fourth-order valence-electron chi connectivity index (χ4n) is 0.673. The summed E-state index contributed by atoms with van der Waals surface area (Å²) in [5, 5.41) is 3.31. The van der Waals surface area contributed by atoms with Crippen LogP contribution in [-0.4, -0.2) is 31.3 Å². The van der Waals surface area contributed by atoms with Gasteiger partial charge in [-0.1, -0.05) is 5.16 Å². The van der Waals surface area contributed by atoms with E-state index in [0.717, 1.165) is 6.07 Å². The van der Waals surface area contributed by atoms with Gasteiger partial charge in [0.15, 0.2) is 5.69 Å². The number of esters is 2. The van der Waals surface area contributed by atoms with E-state index in [1.807, 2.05) is 0 Å². The molecule has 0 aromatic carbocycles. The van der Waals surface area contributed by atoms with Crippen LogP contribution in [0.25, 0.3) is 0 Å². The SMILES string of the molecule is COC(=O)c1cc(C(=O)OC)on1. The molecular weight excluding hydrogens is 178 g/mol. The zero-order chi connectivity index (χ0) is 9.84. The van der Waals surface area contributed by atoms with Crippen LogP contribution in [0.15, 0.2) is 10.6 Å². The maximum Gasteiger partial charge on any atom is 0.376 e. The van der Waals surface area contributed by atoms with Gasteiger partial charge in [0.05, 0.1) is 14.2 Å². The first-order valence-corrected chi connectivity index (χ1v) is 3.32. The molecule has 1 rings (SSSR count). The fraction of sp³-hybridized carbons (Fsp3) is 0.286. The van der Waals surface area contributed by atoms with Gasteiger partial charge in [0, 0.05) is 6.07 Å². The molecule has 1 heterocycles. The second kappa shape index (κ2) is 3.70. The number of rotatable bonds is 2. The van der Waals surface area contributed by atoms with Gasteiger partial charge in [-0.05, 0) is 0 Å². The van der Waals surface area contributed by atoms with E-state index in [1.54, 1.807) is 0 Å². The molecule has 0 saturated heterocycles. The minimum absolute atomic E-state index is 0.0668. The Labute approximate surface area is 73.4 Å². The highest BCUT2D eigenvalue weighted by Gasteiger charge is 2.17. The Morgan fingerprint density at radius 1 is 1.31 bits per heavy atom. The lowest BCUT2D eigenvalue weighted by atomic mass is 10.4. The minimum Gasteiger partial charge on any atom is -0.464 e. The molecule has 0 aliphatic rings. The molecule has 6 nitrogen and oxygen atoms in total. The van der Waals surface area contributed by atoms with E-state index in [4.69, 9.17) is 0 Å². The standard InChI is InChI=1S/C7H7NO5/c1-11-6(9)4-3-5(13-8-4)7(10)12-2/h3H,1-2H3. The van der Waals surface area contributed by atoms with Crippen molar-refractivity contribution in [3.05, 3.63) is 17.5 Å². The van der Waals surface area contributed by atoms with Gasteiger partial charge in [0.2, 0.25) is 5.76 Å². The molecule has 0 aliphatic carbocycles. The van der Waals surface area contributed by atoms with Crippen LogP contribution in [-0.2, 0) is 9.47 Å². The molecule has 0 saturated carbocycles. The largest absolute Gasteiger partial charge is 0.464 e. The van der Waals surface area contributed by atoms with Crippen LogP contribution in [0, 0.1) is 0 Å². The smallest absolute Gasteiger partial charge is 0.376 e. The average Bonchev–Trinajstić information content (AvgIpc) is 2.64. The van der Waals surface area contributed by atoms with Crippen molar-refractivity contribution in [1.82, 2.24) is 5.16 Å². The van der Waals surface area contributed by atoms with Crippen molar-refractivity contribution in [1.29, 1.82) is 0 Å². The number of hydrogen-bond donors (Lipinski definition) is 0. The highest BCUT2D eigenvalue weighted by molar-refractivity contribution is 5.92. The van der Waals surface area contributed by atoms with Crippen molar-refractivity contribution >= 4 is 11.9 Å². The first-order valence-electron chi connectivity index (χ1n) is 3.32. The summed E-state index contributed by atoms with van der Waals surface area (Å²) in [7, 11) is 2.40. The lowest BCUT2D eigenvalue weighted by molar-refractivity contribution is 0.0546. The van der Waals surface area contributed by atoms with Crippen LogP contribution >= 0.6 is 0 Å². The van der Waals surface area contributed by atoms with Gasteiger partial charge in [-0.15, -0.1) is 0 Å². The summed E-state index contributed by atoms with van der Waals surface area (Å²) >= 11 is 0. The third-order valence-corrected chi connectivity index (χ3v) is 1.29. The Hall–Kier alpha value is -1.85. The molecule has 70 valence electrons. The summed E-state index contributed by atoms with van der Waals surface area (Å²) in [5.41, 5.74) is -0.0668. The predicted molar refractivity (Wildman–Crippen MR) is 39.2 cm³/mol. The normalized spacial score (nSPS) is 9.38. The number of carbonyl (C=O) groups excluding carboxylic acids is 2. The van der Waals surface area contributed by atoms with Gasteiger partial charge in [-0.25, -0.2) is 9.59 Å². The number of carbonyl (C=O) groups is 2. The van der Waals surface area contributed by atoms with E-state index >= 15 is 0 Å². The van der Waals surface area contributed by atoms with Crippen molar-refractivity contribution in [2.75, 3.05) is 14.2 Å². The Morgan fingerprint density at radius 3 is 2.46 bits per heavy atom. The molecule has 0 fully saturated rings. The van der Waals surface area contributed by atoms with E-state index in [9.17, 15) is 9.59 Å². The Kier molecular flexibility index (Phi) is 2.63. The molecule has 0 atom stereocenters. The minimum atomic E-state index is -0.692. The third-order valence-electron chi connectivity index (χ3n) is 1.29. The van der Waals surface area contributed by atoms with Crippen LogP contribution < -0.4 is 0 Å². The van der Waals surface area contributed by atoms with E-state index in [1.165, 1.54) is 14.2 Å². The number of methoxy groups -OCH3 is 2. The molecule has 1 aromatic heterocycles. The van der Waals surface area contributed by atoms with Crippen LogP contribution in [0.3, 0.4) is 0 Å². The van der Waals surface area contributed by atoms with Gasteiger partial charge >= 0.3 is 11.9 Å². The molecule has 0 aliphatic heterocycles. The predicted octanol–water partition coefficient (Wildman–Crippen LogP) is 0.248. The van der Waals surface area contributed by atoms with Crippen molar-refractivity contribution in [2.24, 2.45) is 0 Å². The van der Waals surface area contributed by atoms with Crippen molar-refractivity contribution < 1.29 is 23.6 Å². The molecule has 1 aromatic rings. The van der Waals surface area contributed by atoms with E-state index in [0.29, 0.717) is 0 Å². The average molecular weight is 185 g/mol. The highest BCUT2D eigenvalue weighted by atomic mass is 16.6. The summed E-state index contributed by atoms with van der Waals surface area (Å²) in [6, 6.07) is 1.15. The van der Waals surface area contributed by atoms with Crippen LogP contribution in [0.4, 0.5) is 0 Å². The quantitative estimate of drug-likeness (QED) is 0.614. The first-order chi connectivity index (χ1) is 6.19. The summed E-state index contributed by atoms with van der Waals surface area (Å²) < 4.78 is 13.2. The summed E-state index contributed by atoms with van der Waals surface area (Å²) in [5.74, 6) is -1.50. The van der Waals surface area contributed by atoms with Crippen LogP contribution in [0.1, 0.15) is 21.0 Å². The zero-order valence-electron chi connectivity index (χ0n) is 7.07. The number of nitrogens with zero attached hydrogens (tertiary/aromatic N) is 1. The number of hydrogen-bond acceptors (Lipinski definition) is 6. The van der Waals surface area contributed by atoms with Gasteiger partial charge in [0.1, 0.15) is 0 Å². The molecule has 13 heavy (non-hydrogen) atoms. The van der Waals surface area contributed by atoms with Gasteiger partial charge in [-0.2, -0.15) is 0 Å². The molecule has 0 bridgehead atoms. The molecule has 0 radical (unpaired) electrons. The monoisotopic (exact) mass is 185 g/mol. The maximum atomic E-state index is 10.8. The lowest BCUT2D eigenvalue weighted by Gasteiger charge is -1.89. The van der Waals surface area contributed by atoms with Gasteiger partial charge < -0.3 is 14.0 Å². The van der Waals surface area contributed by atoms with Crippen LogP contribution in [0.2, 0.25) is 0 Å². The van der Waals surface area contributed by atoms with E-state index < -0.39 is 11.9 Å². The summed E-state index contributed by atoms with van der Waals surface area (Å²) in [6.07, 6.45) is 0. The summed E-state index contributed by atoms with van der Waals surface area (Å²) in [4.78, 5) is 21.7. The molecule has 0 unspecified atom stereocenters. The van der Waals surface area contributed by atoms with Gasteiger partial charge in [0.25, 0.3) is 0 Å². The zero-order valence-corrected chi connectivity index (χ0v) is 7.07. The second-order valence-corrected chi connectivity index (χ2v) is 2.06. The second-order valence-electron chi connectivity index (χ2n) is 2.06. The number of aromatic nitrogens is 1. The molecule has 0 spiro atoms. The fourth-order valence-corrected chi connectivity index (χ4v) is 0.673. The van der Waals surface area contributed by atoms with E-state index in [-0.39, 0.29) is 11.5 Å². The topological polar surface area (TPSA) is 78.6 Å².